The van der Waals surface area contributed by atoms with Gasteiger partial charge in [-0.05, 0) is 42.7 Å². The fourth-order valence-electron chi connectivity index (χ4n) is 5.49. The van der Waals surface area contributed by atoms with Gasteiger partial charge in [0.05, 0.1) is 36.0 Å². The lowest BCUT2D eigenvalue weighted by atomic mass is 9.84. The number of ether oxygens (including phenoxy) is 2. The van der Waals surface area contributed by atoms with Gasteiger partial charge in [0.2, 0.25) is 6.79 Å². The molecule has 12 nitrogen and oxygen atoms in total. The van der Waals surface area contributed by atoms with Gasteiger partial charge in [0.1, 0.15) is 29.5 Å². The molecule has 1 aliphatic heterocycles. The molecule has 1 saturated heterocycles. The molecule has 0 spiro atoms. The van der Waals surface area contributed by atoms with Crippen LogP contribution in [0, 0.1) is 11.6 Å². The van der Waals surface area contributed by atoms with Crippen molar-refractivity contribution in [2.45, 2.75) is 37.5 Å². The number of aromatic nitrogens is 6. The molecule has 1 aromatic carbocycles. The minimum Gasteiger partial charge on any atom is -0.457 e. The lowest BCUT2D eigenvalue weighted by molar-refractivity contribution is -0.0529. The van der Waals surface area contributed by atoms with Crippen molar-refractivity contribution in [1.82, 2.24) is 29.5 Å². The Balaban J connectivity index is 1.34. The molecule has 0 amide bonds. The van der Waals surface area contributed by atoms with E-state index in [1.165, 1.54) is 31.2 Å². The zero-order valence-electron chi connectivity index (χ0n) is 24.2. The molecule has 5 heterocycles. The summed E-state index contributed by atoms with van der Waals surface area (Å²) in [5.74, 6) is -1.40. The highest BCUT2D eigenvalue weighted by Gasteiger charge is 2.43. The van der Waals surface area contributed by atoms with E-state index in [1.54, 1.807) is 27.7 Å². The minimum atomic E-state index is -3.03. The first-order valence-electron chi connectivity index (χ1n) is 14.2. The van der Waals surface area contributed by atoms with Crippen molar-refractivity contribution in [2.24, 2.45) is 5.73 Å². The Labute approximate surface area is 259 Å². The van der Waals surface area contributed by atoms with E-state index in [0.717, 1.165) is 12.1 Å². The third kappa shape index (κ3) is 6.21. The van der Waals surface area contributed by atoms with Gasteiger partial charge in [-0.3, -0.25) is 9.97 Å². The smallest absolute Gasteiger partial charge is 0.265 e. The first-order chi connectivity index (χ1) is 22.1. The van der Waals surface area contributed by atoms with Crippen LogP contribution in [0.15, 0.2) is 61.6 Å². The van der Waals surface area contributed by atoms with Crippen LogP contribution < -0.4 is 25.8 Å². The monoisotopic (exact) mass is 639 g/mol. The number of nitrogens with two attached hydrogens (primary N) is 2. The van der Waals surface area contributed by atoms with E-state index in [2.05, 4.69) is 24.9 Å². The van der Waals surface area contributed by atoms with E-state index in [0.29, 0.717) is 41.1 Å². The van der Waals surface area contributed by atoms with Crippen molar-refractivity contribution in [3.8, 4) is 22.8 Å². The van der Waals surface area contributed by atoms with E-state index < -0.39 is 29.7 Å². The van der Waals surface area contributed by atoms with Crippen molar-refractivity contribution in [3.63, 3.8) is 0 Å². The molecule has 0 aliphatic carbocycles. The van der Waals surface area contributed by atoms with Gasteiger partial charge in [-0.25, -0.2) is 32.5 Å². The number of rotatable bonds is 10. The van der Waals surface area contributed by atoms with Crippen LogP contribution >= 0.6 is 0 Å². The van der Waals surface area contributed by atoms with Crippen molar-refractivity contribution in [1.29, 1.82) is 0 Å². The molecule has 0 saturated carbocycles. The highest BCUT2D eigenvalue weighted by atomic mass is 19.3. The molecular formula is C30H29F4N9O3. The molecular weight excluding hydrogens is 610 g/mol. The molecule has 1 aliphatic rings. The van der Waals surface area contributed by atoms with Crippen LogP contribution in [0.3, 0.4) is 0 Å². The number of alkyl halides is 2. The zero-order valence-corrected chi connectivity index (χ0v) is 24.2. The highest BCUT2D eigenvalue weighted by Crippen LogP contribution is 2.35. The van der Waals surface area contributed by atoms with Crippen LogP contribution in [0.25, 0.3) is 22.4 Å². The first-order valence-corrected chi connectivity index (χ1v) is 14.2. The normalized spacial score (nSPS) is 17.4. The van der Waals surface area contributed by atoms with Crippen molar-refractivity contribution in [2.75, 3.05) is 30.5 Å². The topological polar surface area (TPSA) is 163 Å². The SMILES string of the molecule is Nc1ncnc2c1ncn2Cc1cc(-c2cc(F)c(OCOc3ccncc3)cc2F)ncc1N1CCC[C@](N)([C@H](O)C(F)F)C1. The lowest BCUT2D eigenvalue weighted by Gasteiger charge is -2.44. The zero-order chi connectivity index (χ0) is 32.4. The lowest BCUT2D eigenvalue weighted by Crippen LogP contribution is -2.63. The minimum absolute atomic E-state index is 0.0943. The van der Waals surface area contributed by atoms with Crippen LogP contribution in [-0.2, 0) is 6.54 Å². The highest BCUT2D eigenvalue weighted by molar-refractivity contribution is 5.81. The van der Waals surface area contributed by atoms with Crippen LogP contribution in [0.1, 0.15) is 18.4 Å². The molecule has 0 bridgehead atoms. The van der Waals surface area contributed by atoms with E-state index in [-0.39, 0.29) is 49.1 Å². The van der Waals surface area contributed by atoms with Gasteiger partial charge >= 0.3 is 0 Å². The summed E-state index contributed by atoms with van der Waals surface area (Å²) in [5, 5.41) is 10.2. The molecule has 16 heteroatoms. The summed E-state index contributed by atoms with van der Waals surface area (Å²) in [6.45, 7) is 0.0750. The maximum absolute atomic E-state index is 15.4. The number of benzene rings is 1. The molecule has 46 heavy (non-hydrogen) atoms. The summed E-state index contributed by atoms with van der Waals surface area (Å²) >= 11 is 0. The average molecular weight is 640 g/mol. The van der Waals surface area contributed by atoms with Crippen LogP contribution in [0.5, 0.6) is 11.5 Å². The second-order valence-corrected chi connectivity index (χ2v) is 10.9. The summed E-state index contributed by atoms with van der Waals surface area (Å²) in [7, 11) is 0. The summed E-state index contributed by atoms with van der Waals surface area (Å²) in [5.41, 5.74) is 12.4. The molecule has 0 unspecified atom stereocenters. The van der Waals surface area contributed by atoms with Crippen LogP contribution in [-0.4, -0.2) is 72.5 Å². The Bertz CT molecular complexity index is 1850. The molecule has 5 N–H and O–H groups in total. The molecule has 1 fully saturated rings. The summed E-state index contributed by atoms with van der Waals surface area (Å²) in [4.78, 5) is 22.6. The molecule has 5 aromatic rings. The van der Waals surface area contributed by atoms with Crippen LogP contribution in [0.4, 0.5) is 29.1 Å². The van der Waals surface area contributed by atoms with Gasteiger partial charge in [0, 0.05) is 37.1 Å². The third-order valence-electron chi connectivity index (χ3n) is 7.85. The number of halogens is 4. The number of hydrogen-bond donors (Lipinski definition) is 3. The van der Waals surface area contributed by atoms with Gasteiger partial charge in [-0.1, -0.05) is 0 Å². The number of imidazole rings is 1. The fraction of sp³-hybridized carbons (Fsp3) is 0.300. The van der Waals surface area contributed by atoms with E-state index in [4.69, 9.17) is 20.9 Å². The second kappa shape index (κ2) is 12.7. The number of aliphatic hydroxyl groups is 1. The average Bonchev–Trinajstić information content (AvgIpc) is 3.46. The number of nitrogen functional groups attached to an aromatic ring is 1. The Morgan fingerprint density at radius 1 is 1.02 bits per heavy atom. The number of hydrogen-bond acceptors (Lipinski definition) is 11. The summed E-state index contributed by atoms with van der Waals surface area (Å²) < 4.78 is 69.9. The van der Waals surface area contributed by atoms with Crippen molar-refractivity contribution >= 4 is 22.7 Å². The Morgan fingerprint density at radius 3 is 2.61 bits per heavy atom. The number of anilines is 2. The Hall–Kier alpha value is -5.09. The van der Waals surface area contributed by atoms with Crippen molar-refractivity contribution in [3.05, 3.63) is 78.8 Å². The van der Waals surface area contributed by atoms with Crippen molar-refractivity contribution < 1.29 is 32.1 Å². The number of pyridine rings is 2. The number of aliphatic hydroxyl groups excluding tert-OH is 1. The van der Waals surface area contributed by atoms with E-state index in [1.807, 2.05) is 0 Å². The fourth-order valence-corrected chi connectivity index (χ4v) is 5.49. The van der Waals surface area contributed by atoms with Crippen LogP contribution in [0.2, 0.25) is 0 Å². The Kier molecular flexibility index (Phi) is 8.55. The van der Waals surface area contributed by atoms with Gasteiger partial charge in [0.25, 0.3) is 6.43 Å². The van der Waals surface area contributed by atoms with Gasteiger partial charge in [-0.2, -0.15) is 0 Å². The van der Waals surface area contributed by atoms with Gasteiger partial charge in [0.15, 0.2) is 23.0 Å². The third-order valence-corrected chi connectivity index (χ3v) is 7.85. The largest absolute Gasteiger partial charge is 0.457 e. The molecule has 6 rings (SSSR count). The predicted octanol–water partition coefficient (Wildman–Crippen LogP) is 3.53. The first kappa shape index (κ1) is 30.9. The van der Waals surface area contributed by atoms with Gasteiger partial charge < -0.3 is 35.5 Å². The quantitative estimate of drug-likeness (QED) is 0.151. The molecule has 2 atom stereocenters. The number of nitrogens with zero attached hydrogens (tertiary/aromatic N) is 7. The number of fused-ring (bicyclic) bond motifs is 1. The Morgan fingerprint density at radius 2 is 1.83 bits per heavy atom. The second-order valence-electron chi connectivity index (χ2n) is 10.9. The molecule has 0 radical (unpaired) electrons. The predicted molar refractivity (Wildman–Crippen MR) is 159 cm³/mol. The summed E-state index contributed by atoms with van der Waals surface area (Å²) in [6, 6.07) is 6.60. The maximum Gasteiger partial charge on any atom is 0.265 e. The maximum atomic E-state index is 15.4. The van der Waals surface area contributed by atoms with Gasteiger partial charge in [-0.15, -0.1) is 0 Å². The summed E-state index contributed by atoms with van der Waals surface area (Å²) in [6.07, 6.45) is 2.80. The van der Waals surface area contributed by atoms with E-state index in [9.17, 15) is 13.9 Å². The van der Waals surface area contributed by atoms with E-state index >= 15 is 8.78 Å². The standard InChI is InChI=1S/C30H29F4N9O3/c31-20-10-24(46-16-45-18-2-5-37-6-3-18)21(32)9-19(20)22-8-17(12-43-15-41-25-28(35)39-14-40-29(25)43)23(11-38-22)42-7-1-4-30(36,13-42)26(44)27(33)34/h2-3,5-6,8-11,14-15,26-27,44H,1,4,7,12-13,16,36H2,(H2,35,39,40)/t26-,30-/m1/s1. The number of piperidine rings is 1. The molecule has 240 valence electrons. The molecule has 4 aromatic heterocycles.